The molecule has 2 nitrogen and oxygen atoms in total. The number of halogens is 2. The number of rotatable bonds is 2. The predicted octanol–water partition coefficient (Wildman–Crippen LogP) is 2.69. The quantitative estimate of drug-likeness (QED) is 0.731. The van der Waals surface area contributed by atoms with Crippen molar-refractivity contribution in [2.24, 2.45) is 0 Å². The van der Waals surface area contributed by atoms with Crippen LogP contribution in [0.4, 0.5) is 0 Å². The van der Waals surface area contributed by atoms with Crippen molar-refractivity contribution in [3.8, 4) is 0 Å². The molecule has 1 saturated heterocycles. The minimum absolute atomic E-state index is 0.241. The second kappa shape index (κ2) is 4.07. The molecular formula is C10H10Cl2O2. The summed E-state index contributed by atoms with van der Waals surface area (Å²) in [7, 11) is 0. The molecule has 1 aliphatic rings. The Hall–Kier alpha value is -0.280. The van der Waals surface area contributed by atoms with E-state index in [2.05, 4.69) is 0 Å². The van der Waals surface area contributed by atoms with E-state index in [0.29, 0.717) is 6.61 Å². The smallest absolute Gasteiger partial charge is 0.149 e. The second-order valence-electron chi connectivity index (χ2n) is 3.17. The summed E-state index contributed by atoms with van der Waals surface area (Å²) in [6, 6.07) is 9.66. The molecule has 0 bridgehead atoms. The van der Waals surface area contributed by atoms with Crippen LogP contribution in [0.25, 0.3) is 0 Å². The average molecular weight is 233 g/mol. The van der Waals surface area contributed by atoms with Gasteiger partial charge < -0.3 is 9.47 Å². The first kappa shape index (κ1) is 10.2. The van der Waals surface area contributed by atoms with Crippen molar-refractivity contribution in [3.05, 3.63) is 35.9 Å². The van der Waals surface area contributed by atoms with Crippen LogP contribution < -0.4 is 0 Å². The van der Waals surface area contributed by atoms with E-state index >= 15 is 0 Å². The van der Waals surface area contributed by atoms with Gasteiger partial charge in [0.2, 0.25) is 0 Å². The molecule has 0 spiro atoms. The van der Waals surface area contributed by atoms with Crippen LogP contribution in [-0.4, -0.2) is 18.2 Å². The molecule has 2 rings (SSSR count). The van der Waals surface area contributed by atoms with E-state index in [9.17, 15) is 0 Å². The van der Waals surface area contributed by atoms with Gasteiger partial charge in [-0.15, -0.1) is 23.2 Å². The van der Waals surface area contributed by atoms with Crippen molar-refractivity contribution in [2.75, 3.05) is 13.4 Å². The van der Waals surface area contributed by atoms with E-state index in [-0.39, 0.29) is 6.79 Å². The molecule has 0 aliphatic carbocycles. The fraction of sp³-hybridized carbons (Fsp3) is 0.400. The molecule has 1 aliphatic heterocycles. The molecule has 1 heterocycles. The van der Waals surface area contributed by atoms with Gasteiger partial charge in [-0.1, -0.05) is 30.3 Å². The van der Waals surface area contributed by atoms with Crippen LogP contribution in [-0.2, 0) is 15.1 Å². The lowest BCUT2D eigenvalue weighted by Crippen LogP contribution is -2.35. The Bertz CT molecular complexity index is 294. The lowest BCUT2D eigenvalue weighted by Gasteiger charge is -2.27. The van der Waals surface area contributed by atoms with Crippen LogP contribution in [0, 0.1) is 0 Å². The summed E-state index contributed by atoms with van der Waals surface area (Å²) in [5.41, 5.74) is 0.247. The Labute approximate surface area is 92.7 Å². The molecule has 1 aromatic carbocycles. The molecule has 0 N–H and O–H groups in total. The van der Waals surface area contributed by atoms with Crippen LogP contribution >= 0.6 is 23.2 Å². The van der Waals surface area contributed by atoms with Crippen molar-refractivity contribution in [2.45, 2.75) is 10.4 Å². The number of alkyl halides is 2. The van der Waals surface area contributed by atoms with Crippen molar-refractivity contribution in [1.29, 1.82) is 0 Å². The number of hydrogen-bond acceptors (Lipinski definition) is 2. The molecule has 0 aromatic heterocycles. The molecule has 0 amide bonds. The highest BCUT2D eigenvalue weighted by molar-refractivity contribution is 6.45. The molecule has 1 fully saturated rings. The van der Waals surface area contributed by atoms with E-state index in [1.165, 1.54) is 0 Å². The maximum absolute atomic E-state index is 5.94. The molecule has 1 aromatic rings. The van der Waals surface area contributed by atoms with Crippen molar-refractivity contribution >= 4 is 23.2 Å². The summed E-state index contributed by atoms with van der Waals surface area (Å²) in [6.45, 7) is 0.638. The normalized spacial score (nSPS) is 27.1. The van der Waals surface area contributed by atoms with Crippen LogP contribution in [0.15, 0.2) is 30.3 Å². The van der Waals surface area contributed by atoms with E-state index in [1.54, 1.807) is 0 Å². The van der Waals surface area contributed by atoms with Gasteiger partial charge >= 0.3 is 0 Å². The first-order chi connectivity index (χ1) is 6.76. The minimum atomic E-state index is -0.704. The highest BCUT2D eigenvalue weighted by Crippen LogP contribution is 2.38. The average Bonchev–Trinajstić information content (AvgIpc) is 2.69. The van der Waals surface area contributed by atoms with Gasteiger partial charge in [0.05, 0.1) is 6.61 Å². The second-order valence-corrected chi connectivity index (χ2v) is 4.26. The van der Waals surface area contributed by atoms with Crippen LogP contribution in [0.5, 0.6) is 0 Å². The number of benzene rings is 1. The molecule has 76 valence electrons. The number of hydrogen-bond donors (Lipinski definition) is 0. The largest absolute Gasteiger partial charge is 0.352 e. The third-order valence-electron chi connectivity index (χ3n) is 2.33. The molecule has 0 radical (unpaired) electrons. The van der Waals surface area contributed by atoms with Gasteiger partial charge in [0.25, 0.3) is 0 Å². The van der Waals surface area contributed by atoms with Gasteiger partial charge in [-0.25, -0.2) is 0 Å². The van der Waals surface area contributed by atoms with Crippen molar-refractivity contribution < 1.29 is 9.47 Å². The molecule has 1 unspecified atom stereocenters. The Morgan fingerprint density at radius 1 is 1.21 bits per heavy atom. The van der Waals surface area contributed by atoms with Gasteiger partial charge in [-0.05, 0) is 5.56 Å². The monoisotopic (exact) mass is 232 g/mol. The van der Waals surface area contributed by atoms with Gasteiger partial charge in [-0.3, -0.25) is 0 Å². The van der Waals surface area contributed by atoms with E-state index < -0.39 is 10.4 Å². The first-order valence-corrected chi connectivity index (χ1v) is 5.18. The summed E-state index contributed by atoms with van der Waals surface area (Å²) in [5, 5.41) is 0. The summed E-state index contributed by atoms with van der Waals surface area (Å²) in [6.07, 6.45) is 0. The van der Waals surface area contributed by atoms with Crippen molar-refractivity contribution in [3.63, 3.8) is 0 Å². The summed E-state index contributed by atoms with van der Waals surface area (Å²) in [4.78, 5) is -0.632. The van der Waals surface area contributed by atoms with Crippen molar-refractivity contribution in [1.82, 2.24) is 0 Å². The zero-order valence-electron chi connectivity index (χ0n) is 7.45. The van der Waals surface area contributed by atoms with E-state index in [0.717, 1.165) is 5.56 Å². The maximum Gasteiger partial charge on any atom is 0.149 e. The molecule has 0 saturated carbocycles. The lowest BCUT2D eigenvalue weighted by molar-refractivity contribution is -0.00372. The Balaban J connectivity index is 2.36. The standard InChI is InChI=1S/C10H10Cl2O2/c11-9(12)10(6-13-7-14-10)8-4-2-1-3-5-8/h1-5,9H,6-7H2. The fourth-order valence-electron chi connectivity index (χ4n) is 1.52. The summed E-state index contributed by atoms with van der Waals surface area (Å²) in [5.74, 6) is 0. The van der Waals surface area contributed by atoms with Crippen LogP contribution in [0.3, 0.4) is 0 Å². The lowest BCUT2D eigenvalue weighted by atomic mass is 9.97. The third-order valence-corrected chi connectivity index (χ3v) is 3.04. The topological polar surface area (TPSA) is 18.5 Å². The van der Waals surface area contributed by atoms with Gasteiger partial charge in [0.1, 0.15) is 17.2 Å². The highest BCUT2D eigenvalue weighted by Gasteiger charge is 2.44. The van der Waals surface area contributed by atoms with Crippen LogP contribution in [0.1, 0.15) is 5.56 Å². The maximum atomic E-state index is 5.94. The van der Waals surface area contributed by atoms with Crippen LogP contribution in [0.2, 0.25) is 0 Å². The molecule has 1 atom stereocenters. The Kier molecular flexibility index (Phi) is 2.98. The van der Waals surface area contributed by atoms with Gasteiger partial charge in [0, 0.05) is 0 Å². The highest BCUT2D eigenvalue weighted by atomic mass is 35.5. The van der Waals surface area contributed by atoms with E-state index in [1.807, 2.05) is 30.3 Å². The number of ether oxygens (including phenoxy) is 2. The third kappa shape index (κ3) is 1.63. The first-order valence-electron chi connectivity index (χ1n) is 4.31. The SMILES string of the molecule is ClC(Cl)C1(c2ccccc2)COCO1. The fourth-order valence-corrected chi connectivity index (χ4v) is 2.02. The zero-order valence-corrected chi connectivity index (χ0v) is 8.96. The Morgan fingerprint density at radius 2 is 1.93 bits per heavy atom. The summed E-state index contributed by atoms with van der Waals surface area (Å²) < 4.78 is 10.7. The molecule has 4 heteroatoms. The summed E-state index contributed by atoms with van der Waals surface area (Å²) >= 11 is 11.9. The zero-order chi connectivity index (χ0) is 10.0. The minimum Gasteiger partial charge on any atom is -0.352 e. The van der Waals surface area contributed by atoms with E-state index in [4.69, 9.17) is 32.7 Å². The van der Waals surface area contributed by atoms with Gasteiger partial charge in [0.15, 0.2) is 0 Å². The molecule has 14 heavy (non-hydrogen) atoms. The molecular weight excluding hydrogens is 223 g/mol. The Morgan fingerprint density at radius 3 is 2.43 bits per heavy atom. The van der Waals surface area contributed by atoms with Gasteiger partial charge in [-0.2, -0.15) is 0 Å². The predicted molar refractivity (Wildman–Crippen MR) is 55.5 cm³/mol.